The molecule has 2 atom stereocenters. The molecule has 170 valence electrons. The molecule has 1 N–H and O–H groups in total. The number of benzene rings is 1. The maximum atomic E-state index is 13.2. The summed E-state index contributed by atoms with van der Waals surface area (Å²) in [7, 11) is -3.78. The molecule has 2 unspecified atom stereocenters. The van der Waals surface area contributed by atoms with Crippen LogP contribution < -0.4 is 5.56 Å². The van der Waals surface area contributed by atoms with E-state index in [4.69, 9.17) is 9.84 Å². The van der Waals surface area contributed by atoms with Crippen molar-refractivity contribution in [3.63, 3.8) is 0 Å². The van der Waals surface area contributed by atoms with Gasteiger partial charge in [-0.1, -0.05) is 6.92 Å². The zero-order chi connectivity index (χ0) is 22.5. The number of halogens is 1. The molecule has 0 spiro atoms. The molecule has 3 aromatic rings. The highest BCUT2D eigenvalue weighted by molar-refractivity contribution is 7.89. The summed E-state index contributed by atoms with van der Waals surface area (Å²) in [6.07, 6.45) is 3.16. The van der Waals surface area contributed by atoms with Crippen molar-refractivity contribution >= 4 is 15.5 Å². The van der Waals surface area contributed by atoms with E-state index in [9.17, 15) is 17.6 Å². The van der Waals surface area contributed by atoms with Crippen LogP contribution in [-0.2, 0) is 14.8 Å². The van der Waals surface area contributed by atoms with E-state index >= 15 is 0 Å². The predicted octanol–water partition coefficient (Wildman–Crippen LogP) is 1.87. The number of H-pyrrole nitrogens is 1. The molecular weight excluding hydrogens is 437 g/mol. The Hall–Kier alpha value is -2.63. The lowest BCUT2D eigenvalue weighted by Gasteiger charge is -2.21. The van der Waals surface area contributed by atoms with Crippen LogP contribution in [0.2, 0.25) is 0 Å². The van der Waals surface area contributed by atoms with Crippen molar-refractivity contribution in [1.82, 2.24) is 23.9 Å². The summed E-state index contributed by atoms with van der Waals surface area (Å²) in [5.74, 6) is 0.487. The first-order valence-corrected chi connectivity index (χ1v) is 12.1. The van der Waals surface area contributed by atoms with Gasteiger partial charge in [0.2, 0.25) is 10.0 Å². The highest BCUT2D eigenvalue weighted by Crippen LogP contribution is 2.34. The maximum absolute atomic E-state index is 13.2. The number of ether oxygens (including phenoxy) is 1. The Balaban J connectivity index is 1.47. The molecule has 0 aliphatic carbocycles. The number of hydrogen-bond donors (Lipinski definition) is 1. The smallest absolute Gasteiger partial charge is 0.276 e. The largest absolute Gasteiger partial charge is 0.381 e. The first kappa shape index (κ1) is 21.2. The summed E-state index contributed by atoms with van der Waals surface area (Å²) in [5.41, 5.74) is 0.0736. The molecule has 0 bridgehead atoms. The topological polar surface area (TPSA) is 110 Å². The fraction of sp³-hybridized carbons (Fsp3) is 0.476. The second kappa shape index (κ2) is 8.05. The van der Waals surface area contributed by atoms with Crippen molar-refractivity contribution in [2.45, 2.75) is 36.5 Å². The van der Waals surface area contributed by atoms with Crippen LogP contribution in [0.4, 0.5) is 4.39 Å². The van der Waals surface area contributed by atoms with E-state index in [2.05, 4.69) is 9.97 Å². The molecule has 2 saturated heterocycles. The quantitative estimate of drug-likeness (QED) is 0.635. The lowest BCUT2D eigenvalue weighted by molar-refractivity contribution is 0.0832. The number of rotatable bonds is 4. The molecule has 2 aromatic heterocycles. The van der Waals surface area contributed by atoms with E-state index in [1.165, 1.54) is 22.6 Å². The second-order valence-electron chi connectivity index (χ2n) is 8.50. The van der Waals surface area contributed by atoms with Crippen LogP contribution in [0.25, 0.3) is 5.52 Å². The van der Waals surface area contributed by atoms with Crippen molar-refractivity contribution in [2.75, 3.05) is 26.3 Å². The number of aromatic amines is 1. The van der Waals surface area contributed by atoms with Gasteiger partial charge in [-0.2, -0.15) is 9.40 Å². The number of sulfonamides is 1. The van der Waals surface area contributed by atoms with Crippen LogP contribution in [0.3, 0.4) is 0 Å². The number of aromatic nitrogens is 4. The normalized spacial score (nSPS) is 23.2. The molecule has 0 amide bonds. The van der Waals surface area contributed by atoms with Gasteiger partial charge in [0.25, 0.3) is 5.56 Å². The molecule has 11 heteroatoms. The zero-order valence-corrected chi connectivity index (χ0v) is 18.4. The number of fused-ring (bicyclic) bond motifs is 1. The molecule has 1 aromatic carbocycles. The Morgan fingerprint density at radius 2 is 1.88 bits per heavy atom. The minimum absolute atomic E-state index is 0.0417. The van der Waals surface area contributed by atoms with Crippen LogP contribution in [0.5, 0.6) is 0 Å². The summed E-state index contributed by atoms with van der Waals surface area (Å²) in [6.45, 7) is 3.68. The third-order valence-electron chi connectivity index (χ3n) is 6.41. The van der Waals surface area contributed by atoms with E-state index in [1.54, 1.807) is 4.52 Å². The predicted molar refractivity (Wildman–Crippen MR) is 113 cm³/mol. The summed E-state index contributed by atoms with van der Waals surface area (Å²) in [5, 5.41) is 4.69. The fourth-order valence-corrected chi connectivity index (χ4v) is 6.13. The van der Waals surface area contributed by atoms with Gasteiger partial charge in [0, 0.05) is 38.1 Å². The maximum Gasteiger partial charge on any atom is 0.276 e. The minimum atomic E-state index is -3.78. The van der Waals surface area contributed by atoms with Gasteiger partial charge in [-0.25, -0.2) is 22.3 Å². The first-order chi connectivity index (χ1) is 15.3. The summed E-state index contributed by atoms with van der Waals surface area (Å²) < 4.78 is 47.7. The van der Waals surface area contributed by atoms with Crippen molar-refractivity contribution in [3.8, 4) is 0 Å². The molecule has 2 aliphatic heterocycles. The van der Waals surface area contributed by atoms with Gasteiger partial charge >= 0.3 is 0 Å². The lowest BCUT2D eigenvalue weighted by Crippen LogP contribution is -2.29. The summed E-state index contributed by atoms with van der Waals surface area (Å²) in [4.78, 5) is 20.1. The van der Waals surface area contributed by atoms with E-state index in [0.717, 1.165) is 30.8 Å². The molecular formula is C21H24FN5O4S. The van der Waals surface area contributed by atoms with E-state index in [1.807, 2.05) is 6.92 Å². The average molecular weight is 462 g/mol. The monoisotopic (exact) mass is 461 g/mol. The molecule has 9 nitrogen and oxygen atoms in total. The number of nitrogens with one attached hydrogen (secondary N) is 1. The number of nitrogens with zero attached hydrogens (tertiary/aromatic N) is 4. The van der Waals surface area contributed by atoms with Crippen LogP contribution in [0.15, 0.2) is 40.2 Å². The van der Waals surface area contributed by atoms with Gasteiger partial charge < -0.3 is 9.72 Å². The number of hydrogen-bond acceptors (Lipinski definition) is 6. The second-order valence-corrected chi connectivity index (χ2v) is 10.4. The van der Waals surface area contributed by atoms with Crippen molar-refractivity contribution < 1.29 is 17.5 Å². The average Bonchev–Trinajstić information content (AvgIpc) is 3.39. The van der Waals surface area contributed by atoms with Crippen LogP contribution in [0.1, 0.15) is 43.3 Å². The van der Waals surface area contributed by atoms with Crippen molar-refractivity contribution in [1.29, 1.82) is 0 Å². The first-order valence-electron chi connectivity index (χ1n) is 10.7. The fourth-order valence-electron chi connectivity index (χ4n) is 4.56. The Labute approximate surface area is 184 Å². The van der Waals surface area contributed by atoms with Gasteiger partial charge in [-0.05, 0) is 43.0 Å². The highest BCUT2D eigenvalue weighted by Gasteiger charge is 2.39. The highest BCUT2D eigenvalue weighted by atomic mass is 32.2. The van der Waals surface area contributed by atoms with Gasteiger partial charge in [0.05, 0.1) is 11.1 Å². The summed E-state index contributed by atoms with van der Waals surface area (Å²) >= 11 is 0. The van der Waals surface area contributed by atoms with E-state index in [0.29, 0.717) is 24.6 Å². The third kappa shape index (κ3) is 3.63. The van der Waals surface area contributed by atoms with Crippen LogP contribution >= 0.6 is 0 Å². The molecule has 5 rings (SSSR count). The molecule has 2 aliphatic rings. The Bertz CT molecular complexity index is 1300. The van der Waals surface area contributed by atoms with Crippen LogP contribution in [0, 0.1) is 11.7 Å². The lowest BCUT2D eigenvalue weighted by atomic mass is 9.97. The SMILES string of the molecule is CC1CN(S(=O)(=O)c2ccc(F)cc2)CC1c1nn2c(C3CCOCC3)ncc2c(=O)[nH]1. The molecule has 0 radical (unpaired) electrons. The van der Waals surface area contributed by atoms with Crippen molar-refractivity contribution in [3.05, 3.63) is 58.3 Å². The minimum Gasteiger partial charge on any atom is -0.381 e. The Morgan fingerprint density at radius 3 is 2.59 bits per heavy atom. The molecule has 2 fully saturated rings. The zero-order valence-electron chi connectivity index (χ0n) is 17.6. The third-order valence-corrected chi connectivity index (χ3v) is 8.26. The van der Waals surface area contributed by atoms with Gasteiger partial charge in [-0.3, -0.25) is 4.79 Å². The standard InChI is InChI=1S/C21H24FN5O4S/c1-13-11-26(32(29,30)16-4-2-15(22)3-5-16)12-17(13)19-24-21(28)18-10-23-20(27(18)25-19)14-6-8-31-9-7-14/h2-5,10,13-14,17H,6-9,11-12H2,1H3,(H,24,25,28). The number of imidazole rings is 1. The van der Waals surface area contributed by atoms with E-state index < -0.39 is 15.8 Å². The summed E-state index contributed by atoms with van der Waals surface area (Å²) in [6, 6.07) is 4.79. The Morgan fingerprint density at radius 1 is 1.16 bits per heavy atom. The van der Waals surface area contributed by atoms with Gasteiger partial charge in [0.15, 0.2) is 5.52 Å². The molecule has 4 heterocycles. The van der Waals surface area contributed by atoms with Crippen molar-refractivity contribution in [2.24, 2.45) is 5.92 Å². The molecule has 32 heavy (non-hydrogen) atoms. The van der Waals surface area contributed by atoms with Gasteiger partial charge in [0.1, 0.15) is 17.5 Å². The van der Waals surface area contributed by atoms with Crippen LogP contribution in [-0.4, -0.2) is 58.6 Å². The Kier molecular flexibility index (Phi) is 5.34. The van der Waals surface area contributed by atoms with E-state index in [-0.39, 0.29) is 41.3 Å². The molecule has 0 saturated carbocycles. The van der Waals surface area contributed by atoms with Gasteiger partial charge in [-0.15, -0.1) is 0 Å².